The second kappa shape index (κ2) is 5.17. The van der Waals surface area contributed by atoms with Gasteiger partial charge in [-0.15, -0.1) is 0 Å². The maximum atomic E-state index is 4.59. The van der Waals surface area contributed by atoms with E-state index in [4.69, 9.17) is 0 Å². The minimum atomic E-state index is 0.475. The van der Waals surface area contributed by atoms with Crippen molar-refractivity contribution < 1.29 is 0 Å². The molecule has 1 aromatic carbocycles. The van der Waals surface area contributed by atoms with Gasteiger partial charge in [-0.3, -0.25) is 0 Å². The Morgan fingerprint density at radius 3 is 2.53 bits per heavy atom. The first kappa shape index (κ1) is 12.4. The highest BCUT2D eigenvalue weighted by Crippen LogP contribution is 2.19. The Morgan fingerprint density at radius 1 is 1.21 bits per heavy atom. The molecule has 0 spiro atoms. The van der Waals surface area contributed by atoms with Gasteiger partial charge in [0.2, 0.25) is 0 Å². The zero-order valence-electron chi connectivity index (χ0n) is 11.6. The summed E-state index contributed by atoms with van der Waals surface area (Å²) < 4.78 is 1.95. The summed E-state index contributed by atoms with van der Waals surface area (Å²) in [4.78, 5) is 0. The number of aromatic nitrogens is 2. The van der Waals surface area contributed by atoms with E-state index in [-0.39, 0.29) is 0 Å². The van der Waals surface area contributed by atoms with E-state index >= 15 is 0 Å². The Balaban J connectivity index is 1.69. The van der Waals surface area contributed by atoms with Crippen molar-refractivity contribution in [3.05, 3.63) is 47.8 Å². The van der Waals surface area contributed by atoms with Gasteiger partial charge in [-0.25, -0.2) is 4.68 Å². The van der Waals surface area contributed by atoms with Crippen LogP contribution < -0.4 is 5.32 Å². The predicted molar refractivity (Wildman–Crippen MR) is 77.5 cm³/mol. The quantitative estimate of drug-likeness (QED) is 0.889. The summed E-state index contributed by atoms with van der Waals surface area (Å²) in [6.07, 6.45) is 4.71. The van der Waals surface area contributed by atoms with E-state index in [0.29, 0.717) is 5.92 Å². The van der Waals surface area contributed by atoms with E-state index in [1.54, 1.807) is 0 Å². The fourth-order valence-corrected chi connectivity index (χ4v) is 2.11. The summed E-state index contributed by atoms with van der Waals surface area (Å²) in [5.41, 5.74) is 3.61. The van der Waals surface area contributed by atoms with Gasteiger partial charge in [0.25, 0.3) is 0 Å². The Bertz CT molecular complexity index is 535. The number of benzene rings is 1. The second-order valence-corrected chi connectivity index (χ2v) is 5.66. The standard InChI is InChI=1S/C16H21N3/c1-12(2)16-9-10-19(18-16)15-7-3-13(4-8-15)11-17-14-5-6-14/h3-4,7-10,12,14,17H,5-6,11H2,1-2H3. The van der Waals surface area contributed by atoms with E-state index in [9.17, 15) is 0 Å². The van der Waals surface area contributed by atoms with E-state index in [2.05, 4.69) is 54.6 Å². The minimum Gasteiger partial charge on any atom is -0.310 e. The molecule has 1 fully saturated rings. The summed E-state index contributed by atoms with van der Waals surface area (Å²) in [6.45, 7) is 5.31. The van der Waals surface area contributed by atoms with Crippen LogP contribution >= 0.6 is 0 Å². The smallest absolute Gasteiger partial charge is 0.0654 e. The van der Waals surface area contributed by atoms with Crippen molar-refractivity contribution >= 4 is 0 Å². The van der Waals surface area contributed by atoms with Crippen LogP contribution in [-0.2, 0) is 6.54 Å². The zero-order valence-corrected chi connectivity index (χ0v) is 11.6. The summed E-state index contributed by atoms with van der Waals surface area (Å²) in [6, 6.07) is 11.5. The molecule has 0 unspecified atom stereocenters. The van der Waals surface area contributed by atoms with Crippen LogP contribution in [0.2, 0.25) is 0 Å². The van der Waals surface area contributed by atoms with Crippen LogP contribution in [0.4, 0.5) is 0 Å². The lowest BCUT2D eigenvalue weighted by Crippen LogP contribution is -2.15. The number of hydrogen-bond acceptors (Lipinski definition) is 2. The van der Waals surface area contributed by atoms with Gasteiger partial charge in [-0.2, -0.15) is 5.10 Å². The highest BCUT2D eigenvalue weighted by molar-refractivity contribution is 5.34. The molecule has 1 aliphatic carbocycles. The fraction of sp³-hybridized carbons (Fsp3) is 0.438. The highest BCUT2D eigenvalue weighted by Gasteiger charge is 2.19. The van der Waals surface area contributed by atoms with Gasteiger partial charge in [0, 0.05) is 18.8 Å². The van der Waals surface area contributed by atoms with Crippen molar-refractivity contribution in [3.63, 3.8) is 0 Å². The van der Waals surface area contributed by atoms with Crippen molar-refractivity contribution in [3.8, 4) is 5.69 Å². The predicted octanol–water partition coefficient (Wildman–Crippen LogP) is 3.25. The average molecular weight is 255 g/mol. The molecule has 0 aliphatic heterocycles. The Morgan fingerprint density at radius 2 is 1.95 bits per heavy atom. The molecule has 3 nitrogen and oxygen atoms in total. The van der Waals surface area contributed by atoms with Crippen molar-refractivity contribution in [1.82, 2.24) is 15.1 Å². The first-order chi connectivity index (χ1) is 9.22. The Hall–Kier alpha value is -1.61. The molecule has 2 aromatic rings. The average Bonchev–Trinajstić information content (AvgIpc) is 3.11. The maximum absolute atomic E-state index is 4.59. The summed E-state index contributed by atoms with van der Waals surface area (Å²) >= 11 is 0. The molecular weight excluding hydrogens is 234 g/mol. The van der Waals surface area contributed by atoms with Gasteiger partial charge in [0.1, 0.15) is 0 Å². The zero-order chi connectivity index (χ0) is 13.2. The van der Waals surface area contributed by atoms with Crippen LogP contribution in [0.15, 0.2) is 36.5 Å². The van der Waals surface area contributed by atoms with Gasteiger partial charge in [-0.1, -0.05) is 26.0 Å². The van der Waals surface area contributed by atoms with Crippen LogP contribution in [0.5, 0.6) is 0 Å². The van der Waals surface area contributed by atoms with Gasteiger partial charge in [0.05, 0.1) is 11.4 Å². The lowest BCUT2D eigenvalue weighted by Gasteiger charge is -2.06. The number of nitrogens with one attached hydrogen (secondary N) is 1. The molecule has 0 amide bonds. The molecule has 0 saturated heterocycles. The van der Waals surface area contributed by atoms with E-state index in [0.717, 1.165) is 24.0 Å². The first-order valence-corrected chi connectivity index (χ1v) is 7.10. The van der Waals surface area contributed by atoms with Crippen LogP contribution in [0, 0.1) is 0 Å². The molecule has 1 aliphatic rings. The SMILES string of the molecule is CC(C)c1ccn(-c2ccc(CNC3CC3)cc2)n1. The second-order valence-electron chi connectivity index (χ2n) is 5.66. The van der Waals surface area contributed by atoms with Crippen LogP contribution in [0.1, 0.15) is 43.9 Å². The summed E-state index contributed by atoms with van der Waals surface area (Å²) in [5.74, 6) is 0.475. The summed E-state index contributed by atoms with van der Waals surface area (Å²) in [7, 11) is 0. The monoisotopic (exact) mass is 255 g/mol. The molecule has 1 N–H and O–H groups in total. The molecule has 19 heavy (non-hydrogen) atoms. The molecular formula is C16H21N3. The van der Waals surface area contributed by atoms with Crippen LogP contribution in [-0.4, -0.2) is 15.8 Å². The maximum Gasteiger partial charge on any atom is 0.0654 e. The van der Waals surface area contributed by atoms with Crippen LogP contribution in [0.25, 0.3) is 5.69 Å². The molecule has 0 radical (unpaired) electrons. The molecule has 3 rings (SSSR count). The topological polar surface area (TPSA) is 29.9 Å². The lowest BCUT2D eigenvalue weighted by atomic mass is 10.1. The Labute approximate surface area is 114 Å². The summed E-state index contributed by atoms with van der Waals surface area (Å²) in [5, 5.41) is 8.12. The molecule has 3 heteroatoms. The largest absolute Gasteiger partial charge is 0.310 e. The van der Waals surface area contributed by atoms with Gasteiger partial charge >= 0.3 is 0 Å². The fourth-order valence-electron chi connectivity index (χ4n) is 2.11. The molecule has 100 valence electrons. The van der Waals surface area contributed by atoms with E-state index in [1.807, 2.05) is 10.9 Å². The first-order valence-electron chi connectivity index (χ1n) is 7.10. The van der Waals surface area contributed by atoms with Crippen molar-refractivity contribution in [2.75, 3.05) is 0 Å². The van der Waals surface area contributed by atoms with Crippen LogP contribution in [0.3, 0.4) is 0 Å². The number of nitrogens with zero attached hydrogens (tertiary/aromatic N) is 2. The number of hydrogen-bond donors (Lipinski definition) is 1. The third-order valence-corrected chi connectivity index (χ3v) is 3.57. The van der Waals surface area contributed by atoms with Crippen molar-refractivity contribution in [1.29, 1.82) is 0 Å². The highest BCUT2D eigenvalue weighted by atomic mass is 15.3. The van der Waals surface area contributed by atoms with Gasteiger partial charge < -0.3 is 5.32 Å². The van der Waals surface area contributed by atoms with Crippen molar-refractivity contribution in [2.24, 2.45) is 0 Å². The van der Waals surface area contributed by atoms with Crippen molar-refractivity contribution in [2.45, 2.75) is 45.2 Å². The number of rotatable bonds is 5. The minimum absolute atomic E-state index is 0.475. The van der Waals surface area contributed by atoms with E-state index < -0.39 is 0 Å². The van der Waals surface area contributed by atoms with E-state index in [1.165, 1.54) is 18.4 Å². The lowest BCUT2D eigenvalue weighted by molar-refractivity contribution is 0.687. The third kappa shape index (κ3) is 3.04. The normalized spacial score (nSPS) is 15.1. The Kier molecular flexibility index (Phi) is 3.38. The van der Waals surface area contributed by atoms with Gasteiger partial charge in [-0.05, 0) is 42.5 Å². The molecule has 0 atom stereocenters. The molecule has 1 heterocycles. The molecule has 1 saturated carbocycles. The molecule has 1 aromatic heterocycles. The third-order valence-electron chi connectivity index (χ3n) is 3.57. The molecule has 0 bridgehead atoms. The van der Waals surface area contributed by atoms with Gasteiger partial charge in [0.15, 0.2) is 0 Å².